The van der Waals surface area contributed by atoms with Crippen LogP contribution in [-0.2, 0) is 0 Å². The minimum atomic E-state index is -1.39. The van der Waals surface area contributed by atoms with Crippen molar-refractivity contribution in [2.24, 2.45) is 0 Å². The zero-order valence-corrected chi connectivity index (χ0v) is 35.8. The second-order valence-electron chi connectivity index (χ2n) is 16.0. The van der Waals surface area contributed by atoms with Crippen LogP contribution in [0.3, 0.4) is 0 Å². The van der Waals surface area contributed by atoms with Crippen LogP contribution >= 0.6 is 45.3 Å². The van der Waals surface area contributed by atoms with Gasteiger partial charge in [-0.2, -0.15) is 0 Å². The van der Waals surface area contributed by atoms with Gasteiger partial charge in [0.2, 0.25) is 0 Å². The molecule has 0 unspecified atom stereocenters. The molecule has 0 aliphatic heterocycles. The fourth-order valence-electron chi connectivity index (χ4n) is 5.12. The molecular weight excluding hydrogens is 673 g/mol. The van der Waals surface area contributed by atoms with Crippen molar-refractivity contribution in [1.82, 2.24) is 0 Å². The molecule has 232 valence electrons. The number of hydrogen-bond donors (Lipinski definition) is 0. The molecule has 0 spiro atoms. The van der Waals surface area contributed by atoms with Gasteiger partial charge in [0.15, 0.2) is 0 Å². The van der Waals surface area contributed by atoms with E-state index in [2.05, 4.69) is 151 Å². The molecule has 0 radical (unpaired) electrons. The van der Waals surface area contributed by atoms with E-state index >= 15 is 0 Å². The summed E-state index contributed by atoms with van der Waals surface area (Å²) in [5.74, 6) is 0. The Bertz CT molecular complexity index is 1630. The molecule has 8 heteroatoms. The monoisotopic (exact) mass is 720 g/mol. The minimum absolute atomic E-state index is 1.32. The first-order chi connectivity index (χ1) is 20.3. The third-order valence-corrected chi connectivity index (χ3v) is 26.6. The van der Waals surface area contributed by atoms with Gasteiger partial charge in [0.25, 0.3) is 0 Å². The highest BCUT2D eigenvalue weighted by Gasteiger charge is 2.25. The molecule has 0 fully saturated rings. The maximum absolute atomic E-state index is 2.46. The van der Waals surface area contributed by atoms with Gasteiger partial charge in [0, 0.05) is 30.7 Å². The van der Waals surface area contributed by atoms with E-state index in [1.54, 1.807) is 18.0 Å². The molecule has 5 rings (SSSR count). The Labute approximate surface area is 285 Å². The van der Waals surface area contributed by atoms with Gasteiger partial charge >= 0.3 is 0 Å². The zero-order chi connectivity index (χ0) is 32.2. The Morgan fingerprint density at radius 1 is 0.318 bits per heavy atom. The maximum atomic E-state index is 2.46. The molecule has 0 N–H and O–H groups in total. The van der Waals surface area contributed by atoms with Crippen molar-refractivity contribution < 1.29 is 0 Å². The van der Waals surface area contributed by atoms with Crippen LogP contribution in [0.1, 0.15) is 19.5 Å². The zero-order valence-electron chi connectivity index (χ0n) is 28.6. The Morgan fingerprint density at radius 2 is 0.523 bits per heavy atom. The lowest BCUT2D eigenvalue weighted by atomic mass is 10.1. The van der Waals surface area contributed by atoms with Gasteiger partial charge in [-0.1, -0.05) is 127 Å². The molecule has 0 saturated carbocycles. The van der Waals surface area contributed by atoms with Gasteiger partial charge in [-0.3, -0.25) is 0 Å². The highest BCUT2D eigenvalue weighted by molar-refractivity contribution is 7.30. The van der Waals surface area contributed by atoms with E-state index in [4.69, 9.17) is 0 Å². The minimum Gasteiger partial charge on any atom is -0.145 e. The van der Waals surface area contributed by atoms with Gasteiger partial charge in [-0.05, 0) is 52.7 Å². The first kappa shape index (κ1) is 34.0. The first-order valence-corrected chi connectivity index (χ1v) is 32.9. The molecule has 0 nitrogen and oxygen atoms in total. The quantitative estimate of drug-likeness (QED) is 0.141. The van der Waals surface area contributed by atoms with Crippen LogP contribution in [0.15, 0.2) is 72.8 Å². The van der Waals surface area contributed by atoms with Crippen molar-refractivity contribution in [3.05, 3.63) is 103 Å². The summed E-state index contributed by atoms with van der Waals surface area (Å²) < 4.78 is 6.30. The van der Waals surface area contributed by atoms with Gasteiger partial charge in [-0.15, -0.1) is 45.3 Å². The lowest BCUT2D eigenvalue weighted by molar-refractivity contribution is 1.50. The van der Waals surface area contributed by atoms with Crippen LogP contribution in [0.25, 0.3) is 11.1 Å². The van der Waals surface area contributed by atoms with Crippen molar-refractivity contribution in [2.45, 2.75) is 78.6 Å². The molecule has 0 aliphatic rings. The average molecular weight is 721 g/mol. The van der Waals surface area contributed by atoms with Crippen molar-refractivity contribution >= 4 is 107 Å². The van der Waals surface area contributed by atoms with Gasteiger partial charge in [0.05, 0.1) is 32.3 Å². The molecule has 4 heterocycles. The van der Waals surface area contributed by atoms with E-state index < -0.39 is 32.3 Å². The second-order valence-corrected chi connectivity index (χ2v) is 41.9. The van der Waals surface area contributed by atoms with E-state index in [9.17, 15) is 0 Å². The van der Waals surface area contributed by atoms with Crippen LogP contribution in [0.5, 0.6) is 0 Å². The van der Waals surface area contributed by atoms with E-state index in [0.29, 0.717) is 0 Å². The van der Waals surface area contributed by atoms with Gasteiger partial charge in [0.1, 0.15) is 0 Å². The molecule has 0 atom stereocenters. The standard InChI is InChI=1S/C36H48S4Si4/c1-41(2,3)31-21-17-27(37-31)35(28-18-22-32(38-28)42(4,5)6)25-13-15-26(16-14-25)36(29-19-23-33(39-29)43(7,8)9)30-20-24-34(40-30)44(10,11)12/h13-24H,1-12H3. The third kappa shape index (κ3) is 7.44. The number of rotatable bonds is 8. The average Bonchev–Trinajstić information content (AvgIpc) is 3.70. The van der Waals surface area contributed by atoms with Gasteiger partial charge < -0.3 is 0 Å². The summed E-state index contributed by atoms with van der Waals surface area (Å²) in [4.78, 5) is 5.61. The van der Waals surface area contributed by atoms with E-state index in [0.717, 1.165) is 0 Å². The van der Waals surface area contributed by atoms with Crippen molar-refractivity contribution in [2.75, 3.05) is 0 Å². The molecule has 1 aromatic carbocycles. The summed E-state index contributed by atoms with van der Waals surface area (Å²) >= 11 is 8.07. The molecular formula is C36H48S4Si4. The smallest absolute Gasteiger partial charge is 0.0904 e. The predicted molar refractivity (Wildman–Crippen MR) is 218 cm³/mol. The fourth-order valence-corrected chi connectivity index (χ4v) is 17.2. The van der Waals surface area contributed by atoms with Gasteiger partial charge in [-0.25, -0.2) is 0 Å². The molecule has 0 bridgehead atoms. The van der Waals surface area contributed by atoms with Crippen molar-refractivity contribution in [3.8, 4) is 0 Å². The lowest BCUT2D eigenvalue weighted by Crippen LogP contribution is -2.34. The Balaban J connectivity index is 1.76. The summed E-state index contributed by atoms with van der Waals surface area (Å²) in [7, 11) is -5.55. The van der Waals surface area contributed by atoms with E-state index in [1.807, 2.05) is 45.3 Å². The highest BCUT2D eigenvalue weighted by atomic mass is 32.1. The maximum Gasteiger partial charge on any atom is 0.0904 e. The summed E-state index contributed by atoms with van der Waals surface area (Å²) in [5.41, 5.74) is 2.80. The Morgan fingerprint density at radius 3 is 0.682 bits per heavy atom. The fraction of sp³-hybridized carbons (Fsp3) is 0.333. The first-order valence-electron chi connectivity index (χ1n) is 15.6. The second kappa shape index (κ2) is 12.3. The van der Waals surface area contributed by atoms with E-state index in [1.165, 1.54) is 41.1 Å². The normalized spacial score (nSPS) is 13.0. The third-order valence-electron chi connectivity index (χ3n) is 7.83. The van der Waals surface area contributed by atoms with Crippen molar-refractivity contribution in [3.63, 3.8) is 0 Å². The predicted octanol–water partition coefficient (Wildman–Crippen LogP) is 8.61. The van der Waals surface area contributed by atoms with Crippen LogP contribution < -0.4 is 28.4 Å². The van der Waals surface area contributed by atoms with Crippen LogP contribution in [0.2, 0.25) is 78.6 Å². The largest absolute Gasteiger partial charge is 0.145 e. The summed E-state index contributed by atoms with van der Waals surface area (Å²) in [6, 6.07) is 28.7. The summed E-state index contributed by atoms with van der Waals surface area (Å²) in [5, 5.41) is 2.65. The highest BCUT2D eigenvalue weighted by Crippen LogP contribution is 2.31. The molecule has 0 amide bonds. The lowest BCUT2D eigenvalue weighted by Gasteiger charge is -2.13. The summed E-state index contributed by atoms with van der Waals surface area (Å²) in [6.45, 7) is 29.5. The van der Waals surface area contributed by atoms with Crippen molar-refractivity contribution in [1.29, 1.82) is 0 Å². The topological polar surface area (TPSA) is 0 Å². The SMILES string of the molecule is C[Si](C)(C)c1ccc(C(c2ccc([Si](C)(C)C)s2)=c2ccc(=C(c3ccc([Si](C)(C)C)s3)c3ccc([Si](C)(C)C)s3)cc2)s1. The molecule has 0 saturated heterocycles. The molecule has 4 aromatic heterocycles. The van der Waals surface area contributed by atoms with Crippen LogP contribution in [0, 0.1) is 0 Å². The Kier molecular flexibility index (Phi) is 9.53. The number of hydrogen-bond acceptors (Lipinski definition) is 4. The molecule has 44 heavy (non-hydrogen) atoms. The Hall–Kier alpha value is -1.37. The molecule has 0 aliphatic carbocycles. The van der Waals surface area contributed by atoms with Crippen LogP contribution in [0.4, 0.5) is 0 Å². The summed E-state index contributed by atoms with van der Waals surface area (Å²) in [6.07, 6.45) is 0. The molecule has 5 aromatic rings. The number of benzene rings is 1. The number of thiophene rings is 4. The van der Waals surface area contributed by atoms with E-state index in [-0.39, 0.29) is 0 Å². The van der Waals surface area contributed by atoms with Crippen LogP contribution in [-0.4, -0.2) is 32.3 Å².